The van der Waals surface area contributed by atoms with Gasteiger partial charge in [-0.05, 0) is 92.0 Å². The highest BCUT2D eigenvalue weighted by atomic mass is 19.4. The molecule has 1 heterocycles. The molecule has 3 aromatic rings. The normalized spacial score (nSPS) is 13.2. The molecular formula is C30H35F9N6O2. The van der Waals surface area contributed by atoms with Gasteiger partial charge in [-0.3, -0.25) is 9.69 Å². The Morgan fingerprint density at radius 3 is 2.00 bits per heavy atom. The van der Waals surface area contributed by atoms with E-state index in [2.05, 4.69) is 15.4 Å². The summed E-state index contributed by atoms with van der Waals surface area (Å²) in [5, 5.41) is 11.6. The van der Waals surface area contributed by atoms with Gasteiger partial charge in [-0.2, -0.15) is 44.3 Å². The van der Waals surface area contributed by atoms with E-state index >= 15 is 0 Å². The number of halogens is 9. The zero-order chi connectivity index (χ0) is 35.2. The van der Waals surface area contributed by atoms with Gasteiger partial charge in [-0.25, -0.2) is 0 Å². The van der Waals surface area contributed by atoms with Gasteiger partial charge >= 0.3 is 24.5 Å². The van der Waals surface area contributed by atoms with Crippen molar-refractivity contribution in [1.29, 1.82) is 0 Å². The second-order valence-corrected chi connectivity index (χ2v) is 10.9. The lowest BCUT2D eigenvalue weighted by molar-refractivity contribution is -0.144. The minimum atomic E-state index is -5.10. The van der Waals surface area contributed by atoms with E-state index in [0.29, 0.717) is 43.5 Å². The molecule has 47 heavy (non-hydrogen) atoms. The summed E-state index contributed by atoms with van der Waals surface area (Å²) in [5.74, 6) is -0.560. The molecule has 0 aliphatic heterocycles. The highest BCUT2D eigenvalue weighted by Crippen LogP contribution is 2.38. The van der Waals surface area contributed by atoms with Crippen LogP contribution in [-0.4, -0.2) is 51.3 Å². The van der Waals surface area contributed by atoms with Gasteiger partial charge < -0.3 is 9.64 Å². The molecule has 2 aromatic carbocycles. The van der Waals surface area contributed by atoms with Crippen molar-refractivity contribution in [2.24, 2.45) is 7.05 Å². The first kappa shape index (κ1) is 37.6. The van der Waals surface area contributed by atoms with Crippen LogP contribution in [-0.2, 0) is 48.2 Å². The topological polar surface area (TPSA) is 76.4 Å². The first-order valence-electron chi connectivity index (χ1n) is 14.7. The van der Waals surface area contributed by atoms with E-state index in [1.54, 1.807) is 14.0 Å². The number of nitrogens with zero attached hydrogens (tertiary/aromatic N) is 6. The summed E-state index contributed by atoms with van der Waals surface area (Å²) in [6.07, 6.45) is -13.2. The molecule has 0 saturated carbocycles. The van der Waals surface area contributed by atoms with E-state index < -0.39 is 59.9 Å². The molecular weight excluding hydrogens is 647 g/mol. The summed E-state index contributed by atoms with van der Waals surface area (Å²) < 4.78 is 128. The Kier molecular flexibility index (Phi) is 12.3. The summed E-state index contributed by atoms with van der Waals surface area (Å²) in [7, 11) is 3.14. The van der Waals surface area contributed by atoms with Crippen LogP contribution in [0.15, 0.2) is 36.4 Å². The van der Waals surface area contributed by atoms with Crippen LogP contribution in [0.25, 0.3) is 0 Å². The second-order valence-electron chi connectivity index (χ2n) is 10.9. The number of tetrazole rings is 1. The maximum atomic E-state index is 13.9. The quantitative estimate of drug-likeness (QED) is 0.0986. The molecule has 0 spiro atoms. The van der Waals surface area contributed by atoms with Gasteiger partial charge in [0.2, 0.25) is 0 Å². The van der Waals surface area contributed by atoms with Gasteiger partial charge in [0.25, 0.3) is 5.95 Å². The number of carbonyl (C=O) groups is 1. The number of aryl methyl sites for hydroxylation is 1. The molecule has 3 rings (SSSR count). The van der Waals surface area contributed by atoms with E-state index in [4.69, 9.17) is 4.74 Å². The zero-order valence-corrected chi connectivity index (χ0v) is 26.1. The first-order chi connectivity index (χ1) is 21.8. The zero-order valence-electron chi connectivity index (χ0n) is 26.1. The molecule has 260 valence electrons. The Morgan fingerprint density at radius 1 is 0.872 bits per heavy atom. The maximum Gasteiger partial charge on any atom is 0.416 e. The predicted molar refractivity (Wildman–Crippen MR) is 153 cm³/mol. The van der Waals surface area contributed by atoms with Gasteiger partial charge in [0, 0.05) is 25.6 Å². The van der Waals surface area contributed by atoms with Crippen LogP contribution in [0.2, 0.25) is 0 Å². The van der Waals surface area contributed by atoms with Crippen molar-refractivity contribution in [3.63, 3.8) is 0 Å². The second kappa shape index (κ2) is 15.3. The lowest BCUT2D eigenvalue weighted by atomic mass is 9.94. The number of unbranched alkanes of at least 4 members (excludes halogenated alkanes) is 1. The summed E-state index contributed by atoms with van der Waals surface area (Å²) in [6.45, 7) is 3.22. The van der Waals surface area contributed by atoms with Crippen molar-refractivity contribution in [1.82, 2.24) is 25.1 Å². The van der Waals surface area contributed by atoms with Crippen molar-refractivity contribution in [2.75, 3.05) is 25.1 Å². The van der Waals surface area contributed by atoms with Gasteiger partial charge in [0.15, 0.2) is 0 Å². The number of aromatic nitrogens is 4. The molecule has 0 amide bonds. The first-order valence-corrected chi connectivity index (χ1v) is 14.7. The average Bonchev–Trinajstić information content (AvgIpc) is 3.40. The fourth-order valence-corrected chi connectivity index (χ4v) is 5.17. The number of benzene rings is 2. The van der Waals surface area contributed by atoms with Gasteiger partial charge in [0.05, 0.1) is 30.3 Å². The summed E-state index contributed by atoms with van der Waals surface area (Å²) in [5.41, 5.74) is -3.91. The third kappa shape index (κ3) is 10.6. The molecule has 1 unspecified atom stereocenters. The molecule has 1 atom stereocenters. The van der Waals surface area contributed by atoms with Crippen LogP contribution >= 0.6 is 0 Å². The van der Waals surface area contributed by atoms with Crippen LogP contribution in [0, 0.1) is 0 Å². The van der Waals surface area contributed by atoms with E-state index in [1.165, 1.54) is 18.0 Å². The smallest absolute Gasteiger partial charge is 0.416 e. The molecule has 0 N–H and O–H groups in total. The van der Waals surface area contributed by atoms with Crippen LogP contribution in [0.3, 0.4) is 0 Å². The monoisotopic (exact) mass is 682 g/mol. The molecule has 8 nitrogen and oxygen atoms in total. The fraction of sp³-hybridized carbons (Fsp3) is 0.533. The lowest BCUT2D eigenvalue weighted by Crippen LogP contribution is -2.29. The number of hydrogen-bond acceptors (Lipinski definition) is 7. The maximum absolute atomic E-state index is 13.9. The van der Waals surface area contributed by atoms with Crippen LogP contribution < -0.4 is 4.90 Å². The Bertz CT molecular complexity index is 1460. The van der Waals surface area contributed by atoms with E-state index in [0.717, 1.165) is 16.9 Å². The van der Waals surface area contributed by atoms with E-state index in [1.807, 2.05) is 11.8 Å². The van der Waals surface area contributed by atoms with Crippen molar-refractivity contribution < 1.29 is 49.0 Å². The fourth-order valence-electron chi connectivity index (χ4n) is 5.17. The summed E-state index contributed by atoms with van der Waals surface area (Å²) >= 11 is 0. The number of rotatable bonds is 14. The molecule has 0 aliphatic carbocycles. The number of carbonyl (C=O) groups excluding carboxylic acids is 1. The number of anilines is 1. The Hall–Kier alpha value is -3.89. The largest absolute Gasteiger partial charge is 0.466 e. The lowest BCUT2D eigenvalue weighted by Gasteiger charge is -2.31. The van der Waals surface area contributed by atoms with Gasteiger partial charge in [-0.1, -0.05) is 18.1 Å². The molecule has 17 heteroatoms. The molecule has 1 aromatic heterocycles. The van der Waals surface area contributed by atoms with Gasteiger partial charge in [0.1, 0.15) is 0 Å². The number of hydrogen-bond donors (Lipinski definition) is 0. The predicted octanol–water partition coefficient (Wildman–Crippen LogP) is 7.59. The standard InChI is InChI=1S/C30H35F9N6O2/c1-5-25(43(3)12-8-7-9-26(46)47-6-2)24-11-10-21(28(31,32)33)15-20(24)18-45(27-40-42-44(4)41-27)17-19-13-22(29(34,35)36)16-23(14-19)30(37,38)39/h10-11,13-16,25H,5-9,12,17-18H2,1-4H3. The average molecular weight is 683 g/mol. The van der Waals surface area contributed by atoms with Crippen molar-refractivity contribution >= 4 is 11.9 Å². The Labute approximate surface area is 265 Å². The van der Waals surface area contributed by atoms with Crippen LogP contribution in [0.5, 0.6) is 0 Å². The number of alkyl halides is 9. The van der Waals surface area contributed by atoms with E-state index in [-0.39, 0.29) is 36.6 Å². The summed E-state index contributed by atoms with van der Waals surface area (Å²) in [4.78, 5) is 15.8. The molecule has 0 saturated heterocycles. The van der Waals surface area contributed by atoms with Gasteiger partial charge in [-0.15, -0.1) is 5.10 Å². The molecule has 0 bridgehead atoms. The Morgan fingerprint density at radius 2 is 1.49 bits per heavy atom. The molecule has 0 fully saturated rings. The Balaban J connectivity index is 2.04. The minimum Gasteiger partial charge on any atom is -0.466 e. The van der Waals surface area contributed by atoms with Crippen molar-refractivity contribution in [3.8, 4) is 0 Å². The summed E-state index contributed by atoms with van der Waals surface area (Å²) in [6, 6.07) is 3.79. The van der Waals surface area contributed by atoms with E-state index in [9.17, 15) is 44.3 Å². The van der Waals surface area contributed by atoms with Crippen LogP contribution in [0.4, 0.5) is 45.5 Å². The number of esters is 1. The highest BCUT2D eigenvalue weighted by Gasteiger charge is 2.37. The minimum absolute atomic E-state index is 0.00621. The molecule has 0 radical (unpaired) electrons. The third-order valence-corrected chi connectivity index (χ3v) is 7.36. The molecule has 0 aliphatic rings. The SMILES string of the molecule is CCOC(=O)CCCCN(C)C(CC)c1ccc(C(F)(F)F)cc1CN(Cc1cc(C(F)(F)F)cc(C(F)(F)F)c1)c1nnn(C)n1. The van der Waals surface area contributed by atoms with Crippen molar-refractivity contribution in [3.05, 3.63) is 69.8 Å². The number of ether oxygens (including phenoxy) is 1. The van der Waals surface area contributed by atoms with Crippen LogP contribution in [0.1, 0.15) is 79.0 Å². The van der Waals surface area contributed by atoms with Crippen molar-refractivity contribution in [2.45, 2.75) is 77.2 Å². The third-order valence-electron chi connectivity index (χ3n) is 7.36. The highest BCUT2D eigenvalue weighted by molar-refractivity contribution is 5.69.